The van der Waals surface area contributed by atoms with Crippen molar-refractivity contribution in [2.24, 2.45) is 0 Å². The molecule has 1 aromatic rings. The van der Waals surface area contributed by atoms with Crippen molar-refractivity contribution in [1.29, 1.82) is 5.26 Å². The maximum absolute atomic E-state index is 11.3. The third kappa shape index (κ3) is 2.35. The molecule has 1 rings (SSSR count). The van der Waals surface area contributed by atoms with Crippen molar-refractivity contribution in [2.75, 3.05) is 7.11 Å². The number of methoxy groups -OCH3 is 1. The molecule has 0 aliphatic carbocycles. The zero-order valence-corrected chi connectivity index (χ0v) is 9.54. The fourth-order valence-corrected chi connectivity index (χ4v) is 1.59. The van der Waals surface area contributed by atoms with Gasteiger partial charge in [0.2, 0.25) is 0 Å². The quantitative estimate of drug-likeness (QED) is 0.828. The molecule has 1 aromatic carbocycles. The SMILES string of the molecule is COC(=O)c1cc(CO)cc(C#N)c1Br. The average molecular weight is 270 g/mol. The molecule has 0 saturated carbocycles. The first kappa shape index (κ1) is 11.7. The van der Waals surface area contributed by atoms with Crippen molar-refractivity contribution in [3.8, 4) is 6.07 Å². The number of halogens is 1. The van der Waals surface area contributed by atoms with Gasteiger partial charge in [0.05, 0.1) is 24.8 Å². The van der Waals surface area contributed by atoms with Gasteiger partial charge < -0.3 is 9.84 Å². The molecule has 78 valence electrons. The second-order valence-corrected chi connectivity index (χ2v) is 3.56. The van der Waals surface area contributed by atoms with E-state index in [1.165, 1.54) is 19.2 Å². The lowest BCUT2D eigenvalue weighted by atomic mass is 10.1. The van der Waals surface area contributed by atoms with Crippen molar-refractivity contribution in [2.45, 2.75) is 6.61 Å². The lowest BCUT2D eigenvalue weighted by molar-refractivity contribution is 0.0599. The number of esters is 1. The van der Waals surface area contributed by atoms with Crippen molar-refractivity contribution in [3.63, 3.8) is 0 Å². The Kier molecular flexibility index (Phi) is 3.83. The fraction of sp³-hybridized carbons (Fsp3) is 0.200. The van der Waals surface area contributed by atoms with Crippen LogP contribution in [-0.2, 0) is 11.3 Å². The van der Waals surface area contributed by atoms with Crippen LogP contribution in [0.15, 0.2) is 16.6 Å². The summed E-state index contributed by atoms with van der Waals surface area (Å²) in [4.78, 5) is 11.3. The molecule has 0 aliphatic rings. The number of hydrogen-bond donors (Lipinski definition) is 1. The summed E-state index contributed by atoms with van der Waals surface area (Å²) >= 11 is 3.14. The zero-order chi connectivity index (χ0) is 11.4. The van der Waals surface area contributed by atoms with Gasteiger partial charge in [-0.25, -0.2) is 4.79 Å². The molecule has 0 unspecified atom stereocenters. The highest BCUT2D eigenvalue weighted by Crippen LogP contribution is 2.24. The van der Waals surface area contributed by atoms with Crippen LogP contribution >= 0.6 is 15.9 Å². The Hall–Kier alpha value is -1.38. The van der Waals surface area contributed by atoms with Crippen molar-refractivity contribution in [3.05, 3.63) is 33.3 Å². The first-order valence-corrected chi connectivity index (χ1v) is 4.85. The fourth-order valence-electron chi connectivity index (χ4n) is 1.12. The van der Waals surface area contributed by atoms with Crippen LogP contribution in [0.5, 0.6) is 0 Å². The highest BCUT2D eigenvalue weighted by molar-refractivity contribution is 9.10. The Bertz CT molecular complexity index is 437. The molecule has 0 bridgehead atoms. The minimum atomic E-state index is -0.548. The van der Waals surface area contributed by atoms with Crippen molar-refractivity contribution in [1.82, 2.24) is 0 Å². The van der Waals surface area contributed by atoms with Crippen LogP contribution in [-0.4, -0.2) is 18.2 Å². The van der Waals surface area contributed by atoms with E-state index in [-0.39, 0.29) is 12.2 Å². The molecule has 15 heavy (non-hydrogen) atoms. The topological polar surface area (TPSA) is 70.3 Å². The first-order valence-electron chi connectivity index (χ1n) is 4.05. The van der Waals surface area contributed by atoms with Crippen LogP contribution in [0.25, 0.3) is 0 Å². The zero-order valence-electron chi connectivity index (χ0n) is 7.95. The number of nitriles is 1. The van der Waals surface area contributed by atoms with Crippen LogP contribution in [0.2, 0.25) is 0 Å². The monoisotopic (exact) mass is 269 g/mol. The van der Waals surface area contributed by atoms with E-state index >= 15 is 0 Å². The second-order valence-electron chi connectivity index (χ2n) is 2.77. The first-order chi connectivity index (χ1) is 7.13. The maximum Gasteiger partial charge on any atom is 0.339 e. The minimum Gasteiger partial charge on any atom is -0.465 e. The van der Waals surface area contributed by atoms with Crippen molar-refractivity contribution < 1.29 is 14.6 Å². The lowest BCUT2D eigenvalue weighted by Crippen LogP contribution is -2.04. The van der Waals surface area contributed by atoms with E-state index < -0.39 is 5.97 Å². The smallest absolute Gasteiger partial charge is 0.339 e. The molecule has 1 N–H and O–H groups in total. The van der Waals surface area contributed by atoms with E-state index in [1.54, 1.807) is 0 Å². The Morgan fingerprint density at radius 1 is 1.67 bits per heavy atom. The van der Waals surface area contributed by atoms with E-state index in [2.05, 4.69) is 20.7 Å². The second kappa shape index (κ2) is 4.91. The molecule has 0 fully saturated rings. The van der Waals surface area contributed by atoms with Crippen molar-refractivity contribution >= 4 is 21.9 Å². The Morgan fingerprint density at radius 2 is 2.33 bits per heavy atom. The largest absolute Gasteiger partial charge is 0.465 e. The Labute approximate surface area is 95.2 Å². The minimum absolute atomic E-state index is 0.230. The van der Waals surface area contributed by atoms with Gasteiger partial charge in [-0.3, -0.25) is 0 Å². The molecule has 0 aliphatic heterocycles. The van der Waals surface area contributed by atoms with Crippen LogP contribution < -0.4 is 0 Å². The van der Waals surface area contributed by atoms with Gasteiger partial charge in [-0.15, -0.1) is 0 Å². The molecule has 0 radical (unpaired) electrons. The van der Waals surface area contributed by atoms with Gasteiger partial charge in [-0.05, 0) is 33.6 Å². The van der Waals surface area contributed by atoms with Gasteiger partial charge in [0.1, 0.15) is 6.07 Å². The van der Waals surface area contributed by atoms with Gasteiger partial charge in [0, 0.05) is 4.47 Å². The lowest BCUT2D eigenvalue weighted by Gasteiger charge is -2.06. The summed E-state index contributed by atoms with van der Waals surface area (Å²) in [6, 6.07) is 4.92. The molecule has 0 saturated heterocycles. The average Bonchev–Trinajstić information content (AvgIpc) is 2.28. The molecule has 0 spiro atoms. The van der Waals surface area contributed by atoms with Gasteiger partial charge in [0.25, 0.3) is 0 Å². The summed E-state index contributed by atoms with van der Waals surface area (Å²) in [5.74, 6) is -0.548. The number of nitrogens with zero attached hydrogens (tertiary/aromatic N) is 1. The number of hydrogen-bond acceptors (Lipinski definition) is 4. The molecule has 4 nitrogen and oxygen atoms in total. The molecule has 0 heterocycles. The number of ether oxygens (including phenoxy) is 1. The summed E-state index contributed by atoms with van der Waals surface area (Å²) < 4.78 is 4.94. The molecular weight excluding hydrogens is 262 g/mol. The Morgan fingerprint density at radius 3 is 2.80 bits per heavy atom. The van der Waals surface area contributed by atoms with E-state index in [0.717, 1.165) is 0 Å². The number of aliphatic hydroxyl groups excluding tert-OH is 1. The number of rotatable bonds is 2. The van der Waals surface area contributed by atoms with Gasteiger partial charge in [-0.2, -0.15) is 5.26 Å². The van der Waals surface area contributed by atoms with E-state index in [9.17, 15) is 4.79 Å². The third-order valence-corrected chi connectivity index (χ3v) is 2.70. The number of carbonyl (C=O) groups is 1. The molecular formula is C10H8BrNO3. The predicted octanol–water partition coefficient (Wildman–Crippen LogP) is 1.60. The number of benzene rings is 1. The van der Waals surface area contributed by atoms with Crippen LogP contribution in [0.1, 0.15) is 21.5 Å². The van der Waals surface area contributed by atoms with Gasteiger partial charge >= 0.3 is 5.97 Å². The van der Waals surface area contributed by atoms with Crippen LogP contribution in [0.4, 0.5) is 0 Å². The standard InChI is InChI=1S/C10H8BrNO3/c1-15-10(14)8-3-6(5-13)2-7(4-12)9(8)11/h2-3,13H,5H2,1H3. The highest BCUT2D eigenvalue weighted by Gasteiger charge is 2.15. The summed E-state index contributed by atoms with van der Waals surface area (Å²) in [5.41, 5.74) is 1.03. The highest BCUT2D eigenvalue weighted by atomic mass is 79.9. The predicted molar refractivity (Wildman–Crippen MR) is 56.1 cm³/mol. The van der Waals surface area contributed by atoms with E-state index in [0.29, 0.717) is 15.6 Å². The summed E-state index contributed by atoms with van der Waals surface area (Å²) in [7, 11) is 1.26. The van der Waals surface area contributed by atoms with Crippen LogP contribution in [0, 0.1) is 11.3 Å². The number of carbonyl (C=O) groups excluding carboxylic acids is 1. The summed E-state index contributed by atoms with van der Waals surface area (Å²) in [6.07, 6.45) is 0. The van der Waals surface area contributed by atoms with E-state index in [1.807, 2.05) is 6.07 Å². The van der Waals surface area contributed by atoms with E-state index in [4.69, 9.17) is 10.4 Å². The van der Waals surface area contributed by atoms with Gasteiger partial charge in [-0.1, -0.05) is 0 Å². The molecule has 0 amide bonds. The summed E-state index contributed by atoms with van der Waals surface area (Å²) in [6.45, 7) is -0.230. The third-order valence-electron chi connectivity index (χ3n) is 1.84. The number of aliphatic hydroxyl groups is 1. The summed E-state index contributed by atoms with van der Waals surface area (Å²) in [5, 5.41) is 17.8. The maximum atomic E-state index is 11.3. The molecule has 0 atom stereocenters. The molecule has 0 aromatic heterocycles. The Balaban J connectivity index is 3.38. The normalized spacial score (nSPS) is 9.47. The van der Waals surface area contributed by atoms with Crippen LogP contribution in [0.3, 0.4) is 0 Å². The van der Waals surface area contributed by atoms with Gasteiger partial charge in [0.15, 0.2) is 0 Å². The molecule has 5 heteroatoms.